The highest BCUT2D eigenvalue weighted by Gasteiger charge is 2.18. The van der Waals surface area contributed by atoms with Crippen LogP contribution >= 0.6 is 23.2 Å². The van der Waals surface area contributed by atoms with Crippen molar-refractivity contribution in [2.75, 3.05) is 7.05 Å². The summed E-state index contributed by atoms with van der Waals surface area (Å²) < 4.78 is 27.8. The van der Waals surface area contributed by atoms with Crippen molar-refractivity contribution in [2.24, 2.45) is 0 Å². The summed E-state index contributed by atoms with van der Waals surface area (Å²) in [5.41, 5.74) is 0.829. The Morgan fingerprint density at radius 2 is 1.90 bits per heavy atom. The zero-order valence-corrected chi connectivity index (χ0v) is 12.3. The van der Waals surface area contributed by atoms with Crippen LogP contribution in [0.3, 0.4) is 0 Å². The third-order valence-corrected chi connectivity index (χ3v) is 3.66. The van der Waals surface area contributed by atoms with Gasteiger partial charge in [0.05, 0.1) is 5.02 Å². The van der Waals surface area contributed by atoms with Crippen molar-refractivity contribution in [1.29, 1.82) is 0 Å². The van der Waals surface area contributed by atoms with Crippen LogP contribution in [-0.4, -0.2) is 7.05 Å². The smallest absolute Gasteiger partial charge is 0.146 e. The predicted molar refractivity (Wildman–Crippen MR) is 78.3 cm³/mol. The molecule has 0 radical (unpaired) electrons. The minimum Gasteiger partial charge on any atom is -0.313 e. The van der Waals surface area contributed by atoms with Crippen molar-refractivity contribution in [1.82, 2.24) is 5.32 Å². The van der Waals surface area contributed by atoms with Crippen LogP contribution in [0.2, 0.25) is 10.0 Å². The minimum atomic E-state index is -0.490. The Morgan fingerprint density at radius 3 is 2.60 bits per heavy atom. The molecule has 20 heavy (non-hydrogen) atoms. The highest BCUT2D eigenvalue weighted by molar-refractivity contribution is 6.31. The average molecular weight is 316 g/mol. The molecule has 1 N–H and O–H groups in total. The van der Waals surface area contributed by atoms with Gasteiger partial charge in [-0.15, -0.1) is 0 Å². The normalized spacial score (nSPS) is 12.4. The average Bonchev–Trinajstić information content (AvgIpc) is 2.43. The third-order valence-electron chi connectivity index (χ3n) is 3.14. The first-order chi connectivity index (χ1) is 9.52. The third kappa shape index (κ3) is 3.29. The molecule has 0 aliphatic heterocycles. The van der Waals surface area contributed by atoms with E-state index in [4.69, 9.17) is 23.2 Å². The largest absolute Gasteiger partial charge is 0.313 e. The van der Waals surface area contributed by atoms with Crippen LogP contribution in [0.15, 0.2) is 36.4 Å². The molecule has 0 amide bonds. The van der Waals surface area contributed by atoms with Crippen molar-refractivity contribution in [3.63, 3.8) is 0 Å². The molecule has 0 aliphatic rings. The number of hydrogen-bond donors (Lipinski definition) is 1. The number of halogens is 4. The van der Waals surface area contributed by atoms with Gasteiger partial charge in [0.25, 0.3) is 0 Å². The number of rotatable bonds is 4. The highest BCUT2D eigenvalue weighted by atomic mass is 35.5. The molecule has 1 atom stereocenters. The van der Waals surface area contributed by atoms with Crippen LogP contribution in [0.5, 0.6) is 0 Å². The van der Waals surface area contributed by atoms with Crippen LogP contribution in [0.4, 0.5) is 8.78 Å². The first kappa shape index (κ1) is 15.2. The molecule has 0 spiro atoms. The number of likely N-dealkylation sites (N-methyl/N-ethyl adjacent to an activating group) is 1. The van der Waals surface area contributed by atoms with Gasteiger partial charge in [-0.2, -0.15) is 0 Å². The summed E-state index contributed by atoms with van der Waals surface area (Å²) in [6, 6.07) is 8.72. The lowest BCUT2D eigenvalue weighted by Gasteiger charge is -2.18. The van der Waals surface area contributed by atoms with Gasteiger partial charge in [0, 0.05) is 16.6 Å². The van der Waals surface area contributed by atoms with E-state index in [1.165, 1.54) is 18.2 Å². The fraction of sp³-hybridized carbons (Fsp3) is 0.200. The van der Waals surface area contributed by atoms with Crippen molar-refractivity contribution in [3.05, 3.63) is 69.2 Å². The minimum absolute atomic E-state index is 0.0503. The monoisotopic (exact) mass is 315 g/mol. The van der Waals surface area contributed by atoms with E-state index in [2.05, 4.69) is 5.32 Å². The second-order valence-corrected chi connectivity index (χ2v) is 5.27. The maximum absolute atomic E-state index is 14.0. The summed E-state index contributed by atoms with van der Waals surface area (Å²) in [7, 11) is 1.69. The van der Waals surface area contributed by atoms with Crippen LogP contribution in [-0.2, 0) is 6.42 Å². The second kappa shape index (κ2) is 6.53. The quantitative estimate of drug-likeness (QED) is 0.856. The Bertz CT molecular complexity index is 617. The molecule has 106 valence electrons. The summed E-state index contributed by atoms with van der Waals surface area (Å²) in [4.78, 5) is 0. The van der Waals surface area contributed by atoms with Crippen molar-refractivity contribution in [2.45, 2.75) is 12.5 Å². The molecule has 0 aliphatic carbocycles. The van der Waals surface area contributed by atoms with E-state index in [1.807, 2.05) is 0 Å². The first-order valence-corrected chi connectivity index (χ1v) is 6.83. The fourth-order valence-corrected chi connectivity index (χ4v) is 2.45. The Morgan fingerprint density at radius 1 is 1.15 bits per heavy atom. The molecular weight excluding hydrogens is 303 g/mol. The van der Waals surface area contributed by atoms with Crippen LogP contribution in [0, 0.1) is 11.6 Å². The maximum atomic E-state index is 14.0. The lowest BCUT2D eigenvalue weighted by atomic mass is 9.98. The lowest BCUT2D eigenvalue weighted by Crippen LogP contribution is -2.20. The summed E-state index contributed by atoms with van der Waals surface area (Å²) in [6.07, 6.45) is 0.278. The highest BCUT2D eigenvalue weighted by Crippen LogP contribution is 2.27. The first-order valence-electron chi connectivity index (χ1n) is 6.08. The van der Waals surface area contributed by atoms with Crippen molar-refractivity contribution < 1.29 is 8.78 Å². The molecule has 0 aromatic heterocycles. The van der Waals surface area contributed by atoms with Gasteiger partial charge in [-0.3, -0.25) is 0 Å². The van der Waals surface area contributed by atoms with E-state index in [0.29, 0.717) is 16.1 Å². The van der Waals surface area contributed by atoms with Gasteiger partial charge in [0.1, 0.15) is 11.6 Å². The summed E-state index contributed by atoms with van der Waals surface area (Å²) in [6.45, 7) is 0. The van der Waals surface area contributed by atoms with Crippen LogP contribution in [0.25, 0.3) is 0 Å². The number of nitrogens with one attached hydrogen (secondary N) is 1. The summed E-state index contributed by atoms with van der Waals surface area (Å²) in [5, 5.41) is 3.47. The van der Waals surface area contributed by atoms with Crippen LogP contribution < -0.4 is 5.32 Å². The molecule has 0 saturated heterocycles. The Balaban J connectivity index is 2.34. The van der Waals surface area contributed by atoms with Crippen LogP contribution in [0.1, 0.15) is 17.2 Å². The molecule has 0 heterocycles. The molecule has 0 bridgehead atoms. The van der Waals surface area contributed by atoms with E-state index in [-0.39, 0.29) is 23.3 Å². The molecular formula is C15H13Cl2F2N. The molecule has 0 fully saturated rings. The molecule has 0 saturated carbocycles. The fourth-order valence-electron chi connectivity index (χ4n) is 2.08. The zero-order valence-electron chi connectivity index (χ0n) is 10.8. The van der Waals surface area contributed by atoms with Crippen molar-refractivity contribution >= 4 is 23.2 Å². The molecule has 2 aromatic rings. The Labute approximate surface area is 126 Å². The van der Waals surface area contributed by atoms with E-state index in [0.717, 1.165) is 0 Å². The van der Waals surface area contributed by atoms with Crippen molar-refractivity contribution in [3.8, 4) is 0 Å². The SMILES string of the molecule is CNC(Cc1cc(Cl)ccc1F)c1cccc(Cl)c1F. The van der Waals surface area contributed by atoms with Gasteiger partial charge in [-0.05, 0) is 43.3 Å². The maximum Gasteiger partial charge on any atom is 0.146 e. The van der Waals surface area contributed by atoms with Gasteiger partial charge in [0.2, 0.25) is 0 Å². The standard InChI is InChI=1S/C15H13Cl2F2N/c1-20-14(11-3-2-4-12(17)15(11)19)8-9-7-10(16)5-6-13(9)18/h2-7,14,20H,8H2,1H3. The molecule has 2 rings (SSSR count). The van der Waals surface area contributed by atoms with Gasteiger partial charge < -0.3 is 5.32 Å². The van der Waals surface area contributed by atoms with E-state index < -0.39 is 5.82 Å². The zero-order chi connectivity index (χ0) is 14.7. The molecule has 1 nitrogen and oxygen atoms in total. The Hall–Kier alpha value is -1.16. The van der Waals surface area contributed by atoms with E-state index in [1.54, 1.807) is 25.2 Å². The van der Waals surface area contributed by atoms with E-state index >= 15 is 0 Å². The number of benzene rings is 2. The van der Waals surface area contributed by atoms with E-state index in [9.17, 15) is 8.78 Å². The van der Waals surface area contributed by atoms with Gasteiger partial charge in [-0.25, -0.2) is 8.78 Å². The second-order valence-electron chi connectivity index (χ2n) is 4.42. The predicted octanol–water partition coefficient (Wildman–Crippen LogP) is 4.77. The summed E-state index contributed by atoms with van der Waals surface area (Å²) in [5.74, 6) is -0.854. The van der Waals surface area contributed by atoms with Gasteiger partial charge in [0.15, 0.2) is 0 Å². The molecule has 1 unspecified atom stereocenters. The lowest BCUT2D eigenvalue weighted by molar-refractivity contribution is 0.520. The topological polar surface area (TPSA) is 12.0 Å². The Kier molecular flexibility index (Phi) is 4.97. The van der Waals surface area contributed by atoms with Gasteiger partial charge >= 0.3 is 0 Å². The van der Waals surface area contributed by atoms with Gasteiger partial charge in [-0.1, -0.05) is 35.3 Å². The summed E-state index contributed by atoms with van der Waals surface area (Å²) >= 11 is 11.6. The molecule has 5 heteroatoms. The number of hydrogen-bond acceptors (Lipinski definition) is 1. The molecule has 2 aromatic carbocycles.